The van der Waals surface area contributed by atoms with Gasteiger partial charge in [-0.15, -0.1) is 0 Å². The quantitative estimate of drug-likeness (QED) is 0.849. The Kier molecular flexibility index (Phi) is 5.45. The average Bonchev–Trinajstić information content (AvgIpc) is 2.29. The van der Waals surface area contributed by atoms with E-state index in [2.05, 4.69) is 5.32 Å². The molecule has 0 aliphatic heterocycles. The molecule has 0 saturated carbocycles. The first-order chi connectivity index (χ1) is 8.04. The number of carbonyl (C=O) groups is 1. The predicted octanol–water partition coefficient (Wildman–Crippen LogP) is 2.64. The van der Waals surface area contributed by atoms with E-state index in [1.165, 1.54) is 0 Å². The van der Waals surface area contributed by atoms with Gasteiger partial charge in [-0.1, -0.05) is 37.1 Å². The molecule has 17 heavy (non-hydrogen) atoms. The van der Waals surface area contributed by atoms with Crippen molar-refractivity contribution in [2.75, 3.05) is 0 Å². The second-order valence-corrected chi connectivity index (χ2v) is 4.62. The van der Waals surface area contributed by atoms with E-state index in [-0.39, 0.29) is 11.9 Å². The van der Waals surface area contributed by atoms with Gasteiger partial charge in [0.05, 0.1) is 12.1 Å². The summed E-state index contributed by atoms with van der Waals surface area (Å²) in [6, 6.07) is 6.94. The molecular formula is C13H19ClN2O. The molecule has 0 aromatic heterocycles. The fraction of sp³-hybridized carbons (Fsp3) is 0.462. The van der Waals surface area contributed by atoms with Gasteiger partial charge in [0.25, 0.3) is 0 Å². The van der Waals surface area contributed by atoms with E-state index in [1.807, 2.05) is 38.1 Å². The minimum absolute atomic E-state index is 0.0795. The monoisotopic (exact) mass is 254 g/mol. The Morgan fingerprint density at radius 2 is 2.24 bits per heavy atom. The lowest BCUT2D eigenvalue weighted by Gasteiger charge is -2.17. The number of hydrogen-bond acceptors (Lipinski definition) is 2. The van der Waals surface area contributed by atoms with Crippen molar-refractivity contribution in [2.45, 2.75) is 38.8 Å². The lowest BCUT2D eigenvalue weighted by Crippen LogP contribution is -2.41. The van der Waals surface area contributed by atoms with Crippen LogP contribution in [0, 0.1) is 0 Å². The molecule has 2 atom stereocenters. The number of carbonyl (C=O) groups excluding carboxylic acids is 1. The molecule has 1 aromatic carbocycles. The zero-order valence-electron chi connectivity index (χ0n) is 10.2. The summed E-state index contributed by atoms with van der Waals surface area (Å²) < 4.78 is 0. The Labute approximate surface area is 107 Å². The second kappa shape index (κ2) is 6.62. The number of nitrogens with one attached hydrogen (secondary N) is 1. The highest BCUT2D eigenvalue weighted by atomic mass is 35.5. The number of halogens is 1. The number of hydrogen-bond donors (Lipinski definition) is 2. The van der Waals surface area contributed by atoms with E-state index >= 15 is 0 Å². The van der Waals surface area contributed by atoms with Crippen molar-refractivity contribution in [2.24, 2.45) is 5.73 Å². The number of benzene rings is 1. The number of amides is 1. The molecule has 0 saturated heterocycles. The molecule has 3 N–H and O–H groups in total. The van der Waals surface area contributed by atoms with Crippen molar-refractivity contribution >= 4 is 17.5 Å². The Morgan fingerprint density at radius 1 is 1.53 bits per heavy atom. The normalized spacial score (nSPS) is 14.1. The van der Waals surface area contributed by atoms with Gasteiger partial charge >= 0.3 is 0 Å². The fourth-order valence-electron chi connectivity index (χ4n) is 1.62. The van der Waals surface area contributed by atoms with Crippen molar-refractivity contribution in [3.05, 3.63) is 34.9 Å². The summed E-state index contributed by atoms with van der Waals surface area (Å²) in [4.78, 5) is 11.7. The van der Waals surface area contributed by atoms with Gasteiger partial charge < -0.3 is 11.1 Å². The maximum Gasteiger partial charge on any atom is 0.237 e. The SMILES string of the molecule is CCCC(N)C(=O)N[C@@H](C)c1cccc(Cl)c1. The van der Waals surface area contributed by atoms with E-state index in [9.17, 15) is 4.79 Å². The van der Waals surface area contributed by atoms with Crippen LogP contribution in [0.2, 0.25) is 5.02 Å². The highest BCUT2D eigenvalue weighted by molar-refractivity contribution is 6.30. The van der Waals surface area contributed by atoms with Crippen LogP contribution in [0.15, 0.2) is 24.3 Å². The van der Waals surface area contributed by atoms with Gasteiger partial charge in [0.15, 0.2) is 0 Å². The van der Waals surface area contributed by atoms with Gasteiger partial charge in [-0.2, -0.15) is 0 Å². The van der Waals surface area contributed by atoms with E-state index in [0.29, 0.717) is 11.4 Å². The molecule has 0 spiro atoms. The van der Waals surface area contributed by atoms with Gasteiger partial charge in [-0.25, -0.2) is 0 Å². The van der Waals surface area contributed by atoms with Gasteiger partial charge in [0.2, 0.25) is 5.91 Å². The van der Waals surface area contributed by atoms with Gasteiger partial charge in [0, 0.05) is 5.02 Å². The molecule has 1 aromatic rings. The third kappa shape index (κ3) is 4.36. The van der Waals surface area contributed by atoms with Crippen molar-refractivity contribution < 1.29 is 4.79 Å². The molecule has 3 nitrogen and oxygen atoms in total. The van der Waals surface area contributed by atoms with E-state index in [4.69, 9.17) is 17.3 Å². The Bertz CT molecular complexity index is 381. The minimum Gasteiger partial charge on any atom is -0.348 e. The van der Waals surface area contributed by atoms with Crippen LogP contribution in [0.5, 0.6) is 0 Å². The van der Waals surface area contributed by atoms with Crippen LogP contribution in [0.25, 0.3) is 0 Å². The van der Waals surface area contributed by atoms with E-state index < -0.39 is 6.04 Å². The van der Waals surface area contributed by atoms with Crippen LogP contribution < -0.4 is 11.1 Å². The highest BCUT2D eigenvalue weighted by Crippen LogP contribution is 2.17. The Morgan fingerprint density at radius 3 is 2.82 bits per heavy atom. The summed E-state index contributed by atoms with van der Waals surface area (Å²) in [5, 5.41) is 3.55. The van der Waals surface area contributed by atoms with Gasteiger partial charge in [0.1, 0.15) is 0 Å². The topological polar surface area (TPSA) is 55.1 Å². The third-order valence-electron chi connectivity index (χ3n) is 2.64. The molecule has 1 amide bonds. The fourth-order valence-corrected chi connectivity index (χ4v) is 1.82. The molecule has 4 heteroatoms. The molecule has 1 rings (SSSR count). The van der Waals surface area contributed by atoms with Gasteiger partial charge in [-0.05, 0) is 31.0 Å². The molecule has 94 valence electrons. The zero-order chi connectivity index (χ0) is 12.8. The first-order valence-corrected chi connectivity index (χ1v) is 6.23. The molecule has 0 heterocycles. The second-order valence-electron chi connectivity index (χ2n) is 4.18. The average molecular weight is 255 g/mol. The van der Waals surface area contributed by atoms with Crippen LogP contribution in [-0.2, 0) is 4.79 Å². The largest absolute Gasteiger partial charge is 0.348 e. The zero-order valence-corrected chi connectivity index (χ0v) is 11.0. The molecular weight excluding hydrogens is 236 g/mol. The van der Waals surface area contributed by atoms with E-state index in [0.717, 1.165) is 12.0 Å². The smallest absolute Gasteiger partial charge is 0.237 e. The van der Waals surface area contributed by atoms with Crippen LogP contribution in [0.3, 0.4) is 0 Å². The number of nitrogens with two attached hydrogens (primary N) is 1. The third-order valence-corrected chi connectivity index (χ3v) is 2.88. The van der Waals surface area contributed by atoms with Crippen molar-refractivity contribution in [1.29, 1.82) is 0 Å². The van der Waals surface area contributed by atoms with Gasteiger partial charge in [-0.3, -0.25) is 4.79 Å². The Hall–Kier alpha value is -1.06. The van der Waals surface area contributed by atoms with Crippen LogP contribution in [0.1, 0.15) is 38.3 Å². The summed E-state index contributed by atoms with van der Waals surface area (Å²) in [5.74, 6) is -0.112. The standard InChI is InChI=1S/C13H19ClN2O/c1-3-5-12(15)13(17)16-9(2)10-6-4-7-11(14)8-10/h4,6-9,12H,3,5,15H2,1-2H3,(H,16,17)/t9-,12?/m0/s1. The van der Waals surface area contributed by atoms with Crippen LogP contribution >= 0.6 is 11.6 Å². The van der Waals surface area contributed by atoms with Crippen LogP contribution in [-0.4, -0.2) is 11.9 Å². The first kappa shape index (κ1) is 14.0. The first-order valence-electron chi connectivity index (χ1n) is 5.86. The molecule has 0 fully saturated rings. The lowest BCUT2D eigenvalue weighted by atomic mass is 10.1. The summed E-state index contributed by atoms with van der Waals surface area (Å²) in [7, 11) is 0. The molecule has 1 unspecified atom stereocenters. The Balaban J connectivity index is 2.60. The summed E-state index contributed by atoms with van der Waals surface area (Å²) >= 11 is 5.90. The minimum atomic E-state index is -0.429. The molecule has 0 radical (unpaired) electrons. The summed E-state index contributed by atoms with van der Waals surface area (Å²) in [5.41, 5.74) is 6.73. The maximum absolute atomic E-state index is 11.7. The lowest BCUT2D eigenvalue weighted by molar-refractivity contribution is -0.123. The predicted molar refractivity (Wildman–Crippen MR) is 70.9 cm³/mol. The molecule has 0 aliphatic carbocycles. The van der Waals surface area contributed by atoms with Crippen molar-refractivity contribution in [1.82, 2.24) is 5.32 Å². The van der Waals surface area contributed by atoms with Crippen molar-refractivity contribution in [3.8, 4) is 0 Å². The molecule has 0 bridgehead atoms. The maximum atomic E-state index is 11.7. The van der Waals surface area contributed by atoms with Crippen molar-refractivity contribution in [3.63, 3.8) is 0 Å². The summed E-state index contributed by atoms with van der Waals surface area (Å²) in [6.07, 6.45) is 1.61. The number of rotatable bonds is 5. The molecule has 0 aliphatic rings. The highest BCUT2D eigenvalue weighted by Gasteiger charge is 2.15. The van der Waals surface area contributed by atoms with Crippen LogP contribution in [0.4, 0.5) is 0 Å². The summed E-state index contributed by atoms with van der Waals surface area (Å²) in [6.45, 7) is 3.93. The van der Waals surface area contributed by atoms with E-state index in [1.54, 1.807) is 0 Å².